The van der Waals surface area contributed by atoms with Gasteiger partial charge in [0.1, 0.15) is 13.2 Å². The van der Waals surface area contributed by atoms with Crippen molar-refractivity contribution in [3.05, 3.63) is 23.8 Å². The van der Waals surface area contributed by atoms with E-state index in [1.807, 2.05) is 18.2 Å². The molecule has 0 saturated heterocycles. The number of benzene rings is 1. The Kier molecular flexibility index (Phi) is 4.18. The number of ether oxygens (including phenoxy) is 2. The van der Waals surface area contributed by atoms with Gasteiger partial charge in [0.15, 0.2) is 11.5 Å². The second kappa shape index (κ2) is 6.25. The Morgan fingerprint density at radius 2 is 1.95 bits per heavy atom. The van der Waals surface area contributed by atoms with Crippen molar-refractivity contribution in [1.82, 2.24) is 5.32 Å². The lowest BCUT2D eigenvalue weighted by Gasteiger charge is -2.19. The smallest absolute Gasteiger partial charge is 0.306 e. The third-order valence-electron chi connectivity index (χ3n) is 4.12. The predicted molar refractivity (Wildman–Crippen MR) is 78.0 cm³/mol. The van der Waals surface area contributed by atoms with E-state index in [1.54, 1.807) is 0 Å². The number of amides is 1. The van der Waals surface area contributed by atoms with Crippen molar-refractivity contribution in [2.45, 2.75) is 31.7 Å². The topological polar surface area (TPSA) is 84.9 Å². The molecule has 6 heteroatoms. The summed E-state index contributed by atoms with van der Waals surface area (Å²) in [5, 5.41) is 11.9. The van der Waals surface area contributed by atoms with Gasteiger partial charge >= 0.3 is 5.97 Å². The van der Waals surface area contributed by atoms with Gasteiger partial charge in [-0.1, -0.05) is 6.07 Å². The first kappa shape index (κ1) is 14.7. The van der Waals surface area contributed by atoms with Crippen LogP contribution in [0, 0.1) is 5.92 Å². The number of nitrogens with one attached hydrogen (secondary N) is 1. The summed E-state index contributed by atoms with van der Waals surface area (Å²) in [6, 6.07) is 5.45. The van der Waals surface area contributed by atoms with E-state index in [2.05, 4.69) is 5.32 Å². The summed E-state index contributed by atoms with van der Waals surface area (Å²) in [4.78, 5) is 23.0. The Bertz CT molecular complexity index is 586. The first-order valence-corrected chi connectivity index (χ1v) is 7.52. The molecule has 0 radical (unpaired) electrons. The molecule has 1 saturated carbocycles. The summed E-state index contributed by atoms with van der Waals surface area (Å²) in [7, 11) is 0. The van der Waals surface area contributed by atoms with E-state index < -0.39 is 5.97 Å². The van der Waals surface area contributed by atoms with Gasteiger partial charge in [0, 0.05) is 6.04 Å². The molecular formula is C16H19NO5. The minimum Gasteiger partial charge on any atom is -0.486 e. The Labute approximate surface area is 128 Å². The van der Waals surface area contributed by atoms with Crippen LogP contribution >= 0.6 is 0 Å². The molecular weight excluding hydrogens is 286 g/mol. The van der Waals surface area contributed by atoms with Gasteiger partial charge in [-0.25, -0.2) is 0 Å². The van der Waals surface area contributed by atoms with Crippen LogP contribution < -0.4 is 14.8 Å². The van der Waals surface area contributed by atoms with Gasteiger partial charge in [-0.3, -0.25) is 9.59 Å². The molecule has 0 bridgehead atoms. The number of carbonyl (C=O) groups is 2. The SMILES string of the molecule is O=C(Cc1ccc2c(c1)OCCO2)N[C@H]1CC[C@@H](C(=O)O)C1. The molecule has 118 valence electrons. The monoisotopic (exact) mass is 305 g/mol. The van der Waals surface area contributed by atoms with Crippen molar-refractivity contribution >= 4 is 11.9 Å². The molecule has 1 aliphatic heterocycles. The van der Waals surface area contributed by atoms with Crippen molar-refractivity contribution in [3.63, 3.8) is 0 Å². The molecule has 1 heterocycles. The van der Waals surface area contributed by atoms with Crippen molar-refractivity contribution in [2.75, 3.05) is 13.2 Å². The highest BCUT2D eigenvalue weighted by molar-refractivity contribution is 5.79. The summed E-state index contributed by atoms with van der Waals surface area (Å²) >= 11 is 0. The van der Waals surface area contributed by atoms with Gasteiger partial charge in [0.2, 0.25) is 5.91 Å². The van der Waals surface area contributed by atoms with E-state index in [0.717, 1.165) is 12.0 Å². The molecule has 1 amide bonds. The molecule has 6 nitrogen and oxygen atoms in total. The summed E-state index contributed by atoms with van der Waals surface area (Å²) in [5.41, 5.74) is 0.856. The number of carboxylic acid groups (broad SMARTS) is 1. The van der Waals surface area contributed by atoms with Gasteiger partial charge in [-0.05, 0) is 37.0 Å². The van der Waals surface area contributed by atoms with E-state index in [9.17, 15) is 9.59 Å². The van der Waals surface area contributed by atoms with E-state index in [1.165, 1.54) is 0 Å². The lowest BCUT2D eigenvalue weighted by Crippen LogP contribution is -2.34. The van der Waals surface area contributed by atoms with Gasteiger partial charge in [0.05, 0.1) is 12.3 Å². The molecule has 22 heavy (non-hydrogen) atoms. The van der Waals surface area contributed by atoms with E-state index in [0.29, 0.717) is 37.6 Å². The Morgan fingerprint density at radius 1 is 1.18 bits per heavy atom. The first-order chi connectivity index (χ1) is 10.6. The maximum absolute atomic E-state index is 12.1. The Balaban J connectivity index is 1.55. The van der Waals surface area contributed by atoms with Crippen molar-refractivity contribution in [1.29, 1.82) is 0 Å². The zero-order valence-electron chi connectivity index (χ0n) is 12.2. The third-order valence-corrected chi connectivity index (χ3v) is 4.12. The van der Waals surface area contributed by atoms with Crippen LogP contribution in [0.25, 0.3) is 0 Å². The molecule has 3 rings (SSSR count). The number of carbonyl (C=O) groups excluding carboxylic acids is 1. The van der Waals surface area contributed by atoms with Crippen LogP contribution in [0.1, 0.15) is 24.8 Å². The molecule has 0 aromatic heterocycles. The fourth-order valence-corrected chi connectivity index (χ4v) is 3.00. The average molecular weight is 305 g/mol. The van der Waals surface area contributed by atoms with Crippen LogP contribution in [-0.2, 0) is 16.0 Å². The van der Waals surface area contributed by atoms with E-state index in [4.69, 9.17) is 14.6 Å². The zero-order valence-corrected chi connectivity index (χ0v) is 12.2. The van der Waals surface area contributed by atoms with Crippen LogP contribution in [0.4, 0.5) is 0 Å². The minimum absolute atomic E-state index is 0.0363. The molecule has 2 N–H and O–H groups in total. The number of fused-ring (bicyclic) bond motifs is 1. The highest BCUT2D eigenvalue weighted by Crippen LogP contribution is 2.31. The van der Waals surface area contributed by atoms with Gasteiger partial charge < -0.3 is 19.9 Å². The molecule has 0 spiro atoms. The van der Waals surface area contributed by atoms with Crippen LogP contribution in [0.3, 0.4) is 0 Å². The fraction of sp³-hybridized carbons (Fsp3) is 0.500. The standard InChI is InChI=1S/C16H19NO5/c18-15(17-12-3-2-11(9-12)16(19)20)8-10-1-4-13-14(7-10)22-6-5-21-13/h1,4,7,11-12H,2-3,5-6,8-9H2,(H,17,18)(H,19,20)/t11-,12+/m1/s1. The van der Waals surface area contributed by atoms with Gasteiger partial charge in [0.25, 0.3) is 0 Å². The lowest BCUT2D eigenvalue weighted by molar-refractivity contribution is -0.141. The second-order valence-electron chi connectivity index (χ2n) is 5.77. The minimum atomic E-state index is -0.774. The second-order valence-corrected chi connectivity index (χ2v) is 5.77. The predicted octanol–water partition coefficient (Wildman–Crippen LogP) is 1.37. The van der Waals surface area contributed by atoms with Crippen LogP contribution in [0.2, 0.25) is 0 Å². The molecule has 2 aliphatic rings. The molecule has 0 unspecified atom stereocenters. The summed E-state index contributed by atoms with van der Waals surface area (Å²) in [6.07, 6.45) is 2.13. The van der Waals surface area contributed by atoms with Gasteiger partial charge in [-0.15, -0.1) is 0 Å². The van der Waals surface area contributed by atoms with Crippen molar-refractivity contribution in [2.24, 2.45) is 5.92 Å². The summed E-state index contributed by atoms with van der Waals surface area (Å²) < 4.78 is 10.9. The number of carboxylic acids is 1. The third kappa shape index (κ3) is 3.32. The fourth-order valence-electron chi connectivity index (χ4n) is 3.00. The highest BCUT2D eigenvalue weighted by Gasteiger charge is 2.30. The number of hydrogen-bond acceptors (Lipinski definition) is 4. The maximum Gasteiger partial charge on any atom is 0.306 e. The average Bonchev–Trinajstić information content (AvgIpc) is 2.95. The lowest BCUT2D eigenvalue weighted by atomic mass is 10.1. The van der Waals surface area contributed by atoms with Crippen molar-refractivity contribution < 1.29 is 24.2 Å². The van der Waals surface area contributed by atoms with Crippen LogP contribution in [0.5, 0.6) is 11.5 Å². The molecule has 1 aromatic rings. The highest BCUT2D eigenvalue weighted by atomic mass is 16.6. The number of rotatable bonds is 4. The number of hydrogen-bond donors (Lipinski definition) is 2. The molecule has 1 aliphatic carbocycles. The Morgan fingerprint density at radius 3 is 2.68 bits per heavy atom. The van der Waals surface area contributed by atoms with Crippen LogP contribution in [-0.4, -0.2) is 36.2 Å². The summed E-state index contributed by atoms with van der Waals surface area (Å²) in [6.45, 7) is 1.06. The largest absolute Gasteiger partial charge is 0.486 e. The normalized spacial score (nSPS) is 23.1. The zero-order chi connectivity index (χ0) is 15.5. The Hall–Kier alpha value is -2.24. The van der Waals surface area contributed by atoms with Crippen molar-refractivity contribution in [3.8, 4) is 11.5 Å². The summed E-state index contributed by atoms with van der Waals surface area (Å²) in [5.74, 6) is 0.176. The molecule has 1 fully saturated rings. The van der Waals surface area contributed by atoms with Gasteiger partial charge in [-0.2, -0.15) is 0 Å². The number of aliphatic carboxylic acids is 1. The van der Waals surface area contributed by atoms with Crippen LogP contribution in [0.15, 0.2) is 18.2 Å². The van der Waals surface area contributed by atoms with E-state index in [-0.39, 0.29) is 24.3 Å². The maximum atomic E-state index is 12.1. The van der Waals surface area contributed by atoms with E-state index >= 15 is 0 Å². The molecule has 1 aromatic carbocycles. The first-order valence-electron chi connectivity index (χ1n) is 7.52. The molecule has 2 atom stereocenters. The quantitative estimate of drug-likeness (QED) is 0.877.